The van der Waals surface area contributed by atoms with Gasteiger partial charge in [-0.1, -0.05) is 54.7 Å². The molecule has 1 amide bonds. The highest BCUT2D eigenvalue weighted by Gasteiger charge is 2.54. The summed E-state index contributed by atoms with van der Waals surface area (Å²) in [6.45, 7) is 4.22. The van der Waals surface area contributed by atoms with Crippen molar-refractivity contribution in [3.63, 3.8) is 0 Å². The molecule has 1 saturated heterocycles. The van der Waals surface area contributed by atoms with Crippen LogP contribution in [-0.4, -0.2) is 52.7 Å². The summed E-state index contributed by atoms with van der Waals surface area (Å²) in [6.07, 6.45) is 3.08. The zero-order valence-electron chi connectivity index (χ0n) is 17.1. The average Bonchev–Trinajstić information content (AvgIpc) is 2.97. The van der Waals surface area contributed by atoms with E-state index in [1.165, 1.54) is 17.0 Å². The lowest BCUT2D eigenvalue weighted by Gasteiger charge is -2.37. The normalized spacial score (nSPS) is 23.8. The first-order valence-electron chi connectivity index (χ1n) is 10.4. The van der Waals surface area contributed by atoms with Crippen molar-refractivity contribution in [1.29, 1.82) is 0 Å². The van der Waals surface area contributed by atoms with E-state index in [1.807, 2.05) is 0 Å². The summed E-state index contributed by atoms with van der Waals surface area (Å²) >= 11 is 12.8. The van der Waals surface area contributed by atoms with Crippen molar-refractivity contribution in [2.24, 2.45) is 0 Å². The molecule has 2 aromatic carbocycles. The number of hydrogen-bond donors (Lipinski definition) is 2. The van der Waals surface area contributed by atoms with Crippen LogP contribution in [0.15, 0.2) is 36.4 Å². The molecule has 31 heavy (non-hydrogen) atoms. The van der Waals surface area contributed by atoms with Gasteiger partial charge in [-0.05, 0) is 44.1 Å². The van der Waals surface area contributed by atoms with Gasteiger partial charge in [-0.25, -0.2) is 4.79 Å². The lowest BCUT2D eigenvalue weighted by Crippen LogP contribution is -2.50. The number of aliphatic hydroxyl groups is 1. The second-order valence-electron chi connectivity index (χ2n) is 8.04. The number of benzene rings is 2. The van der Waals surface area contributed by atoms with Crippen LogP contribution in [0.25, 0.3) is 0 Å². The third-order valence-corrected chi connectivity index (χ3v) is 6.96. The number of anilines is 1. The number of rotatable bonds is 5. The molecule has 164 valence electrons. The van der Waals surface area contributed by atoms with Gasteiger partial charge in [-0.2, -0.15) is 0 Å². The predicted octanol–water partition coefficient (Wildman–Crippen LogP) is 4.15. The maximum atomic E-state index is 13.7. The Labute approximate surface area is 191 Å². The number of fused-ring (bicyclic) bond motifs is 1. The first-order chi connectivity index (χ1) is 14.8. The Balaban J connectivity index is 1.87. The summed E-state index contributed by atoms with van der Waals surface area (Å²) in [7, 11) is 0. The summed E-state index contributed by atoms with van der Waals surface area (Å²) < 4.78 is 0. The first-order valence-corrected chi connectivity index (χ1v) is 11.1. The molecule has 2 aliphatic rings. The Morgan fingerprint density at radius 2 is 1.94 bits per heavy atom. The largest absolute Gasteiger partial charge is 0.478 e. The second-order valence-corrected chi connectivity index (χ2v) is 8.86. The van der Waals surface area contributed by atoms with Gasteiger partial charge in [0.15, 0.2) is 5.60 Å². The highest BCUT2D eigenvalue weighted by Crippen LogP contribution is 2.50. The molecule has 0 spiro atoms. The first kappa shape index (κ1) is 22.1. The quantitative estimate of drug-likeness (QED) is 0.697. The van der Waals surface area contributed by atoms with Crippen LogP contribution in [0.5, 0.6) is 0 Å². The van der Waals surface area contributed by atoms with Crippen molar-refractivity contribution in [3.05, 3.63) is 63.1 Å². The third-order valence-electron chi connectivity index (χ3n) is 6.34. The van der Waals surface area contributed by atoms with Crippen LogP contribution < -0.4 is 4.90 Å². The minimum absolute atomic E-state index is 0.0177. The number of carbonyl (C=O) groups excluding carboxylic acids is 1. The Hall–Kier alpha value is -2.12. The van der Waals surface area contributed by atoms with Crippen LogP contribution in [-0.2, 0) is 10.4 Å². The van der Waals surface area contributed by atoms with E-state index in [9.17, 15) is 19.8 Å². The fraction of sp³-hybridized carbons (Fsp3) is 0.391. The SMILES string of the molecule is CCN1CCCCC1CN1C(=O)C(O)(c2ccccc2Cl)c2c(Cl)cc(C(=O)O)cc21. The van der Waals surface area contributed by atoms with Crippen LogP contribution in [0.2, 0.25) is 10.0 Å². The molecular formula is C23H24Cl2N2O4. The van der Waals surface area contributed by atoms with Gasteiger partial charge in [-0.3, -0.25) is 9.69 Å². The molecule has 2 unspecified atom stereocenters. The summed E-state index contributed by atoms with van der Waals surface area (Å²) in [5.41, 5.74) is -1.41. The molecular weight excluding hydrogens is 439 g/mol. The van der Waals surface area contributed by atoms with Gasteiger partial charge in [0.05, 0.1) is 16.3 Å². The Bertz CT molecular complexity index is 1040. The van der Waals surface area contributed by atoms with E-state index < -0.39 is 17.5 Å². The van der Waals surface area contributed by atoms with E-state index in [1.54, 1.807) is 24.3 Å². The number of piperidine rings is 1. The standard InChI is InChI=1S/C23H24Cl2N2O4/c1-2-26-10-6-5-7-15(26)13-27-19-12-14(21(28)29)11-18(25)20(19)23(31,22(27)30)16-8-3-4-9-17(16)24/h3-4,8-9,11-12,15,31H,2,5-7,10,13H2,1H3,(H,28,29). The Kier molecular flexibility index (Phi) is 6.01. The minimum Gasteiger partial charge on any atom is -0.478 e. The van der Waals surface area contributed by atoms with Crippen LogP contribution in [0.1, 0.15) is 47.7 Å². The van der Waals surface area contributed by atoms with E-state index in [0.717, 1.165) is 32.4 Å². The lowest BCUT2D eigenvalue weighted by atomic mass is 9.87. The maximum Gasteiger partial charge on any atom is 0.335 e. The molecule has 0 saturated carbocycles. The van der Waals surface area contributed by atoms with Crippen molar-refractivity contribution in [3.8, 4) is 0 Å². The molecule has 2 N–H and O–H groups in total. The molecule has 2 aromatic rings. The molecule has 2 heterocycles. The van der Waals surface area contributed by atoms with Gasteiger partial charge in [-0.15, -0.1) is 0 Å². The molecule has 2 aliphatic heterocycles. The molecule has 6 nitrogen and oxygen atoms in total. The summed E-state index contributed by atoms with van der Waals surface area (Å²) in [4.78, 5) is 29.2. The maximum absolute atomic E-state index is 13.7. The Morgan fingerprint density at radius 3 is 2.61 bits per heavy atom. The van der Waals surface area contributed by atoms with Gasteiger partial charge < -0.3 is 15.1 Å². The van der Waals surface area contributed by atoms with E-state index in [0.29, 0.717) is 12.2 Å². The summed E-state index contributed by atoms with van der Waals surface area (Å²) in [5.74, 6) is -1.72. The number of aromatic carboxylic acids is 1. The number of amides is 1. The number of nitrogens with zero attached hydrogens (tertiary/aromatic N) is 2. The number of halogens is 2. The molecule has 0 aliphatic carbocycles. The van der Waals surface area contributed by atoms with Gasteiger partial charge in [0.2, 0.25) is 0 Å². The monoisotopic (exact) mass is 462 g/mol. The van der Waals surface area contributed by atoms with Crippen molar-refractivity contribution < 1.29 is 19.8 Å². The van der Waals surface area contributed by atoms with Crippen LogP contribution >= 0.6 is 23.2 Å². The number of likely N-dealkylation sites (N-methyl/N-ethyl adjacent to an activating group) is 1. The van der Waals surface area contributed by atoms with Crippen molar-refractivity contribution in [1.82, 2.24) is 4.90 Å². The molecule has 2 atom stereocenters. The zero-order chi connectivity index (χ0) is 22.3. The van der Waals surface area contributed by atoms with Crippen molar-refractivity contribution in [2.45, 2.75) is 37.8 Å². The second kappa shape index (κ2) is 8.43. The Morgan fingerprint density at radius 1 is 1.19 bits per heavy atom. The zero-order valence-corrected chi connectivity index (χ0v) is 18.7. The average molecular weight is 463 g/mol. The van der Waals surface area contributed by atoms with Crippen molar-refractivity contribution >= 4 is 40.8 Å². The molecule has 0 bridgehead atoms. The van der Waals surface area contributed by atoms with E-state index >= 15 is 0 Å². The predicted molar refractivity (Wildman–Crippen MR) is 120 cm³/mol. The smallest absolute Gasteiger partial charge is 0.335 e. The fourth-order valence-electron chi connectivity index (χ4n) is 4.78. The lowest BCUT2D eigenvalue weighted by molar-refractivity contribution is -0.132. The van der Waals surface area contributed by atoms with Crippen LogP contribution in [0.4, 0.5) is 5.69 Å². The molecule has 0 aromatic heterocycles. The van der Waals surface area contributed by atoms with Gasteiger partial charge in [0, 0.05) is 28.7 Å². The molecule has 4 rings (SSSR count). The summed E-state index contributed by atoms with van der Waals surface area (Å²) in [5, 5.41) is 21.6. The molecule has 8 heteroatoms. The van der Waals surface area contributed by atoms with E-state index in [-0.39, 0.29) is 32.8 Å². The molecule has 0 radical (unpaired) electrons. The minimum atomic E-state index is -2.09. The number of carboxylic acid groups (broad SMARTS) is 1. The fourth-order valence-corrected chi connectivity index (χ4v) is 5.40. The molecule has 1 fully saturated rings. The van der Waals surface area contributed by atoms with Gasteiger partial charge in [0.25, 0.3) is 5.91 Å². The van der Waals surface area contributed by atoms with Crippen LogP contribution in [0, 0.1) is 0 Å². The third kappa shape index (κ3) is 3.61. The topological polar surface area (TPSA) is 81.1 Å². The number of carboxylic acids is 1. The van der Waals surface area contributed by atoms with Gasteiger partial charge >= 0.3 is 5.97 Å². The number of hydrogen-bond acceptors (Lipinski definition) is 4. The van der Waals surface area contributed by atoms with E-state index in [2.05, 4.69) is 11.8 Å². The summed E-state index contributed by atoms with van der Waals surface area (Å²) in [6, 6.07) is 9.38. The van der Waals surface area contributed by atoms with Crippen molar-refractivity contribution in [2.75, 3.05) is 24.5 Å². The van der Waals surface area contributed by atoms with Gasteiger partial charge in [0.1, 0.15) is 0 Å². The van der Waals surface area contributed by atoms with E-state index in [4.69, 9.17) is 23.2 Å². The van der Waals surface area contributed by atoms with Crippen LogP contribution in [0.3, 0.4) is 0 Å². The highest BCUT2D eigenvalue weighted by molar-refractivity contribution is 6.35. The number of carbonyl (C=O) groups is 2. The number of likely N-dealkylation sites (tertiary alicyclic amines) is 1. The highest BCUT2D eigenvalue weighted by atomic mass is 35.5.